The van der Waals surface area contributed by atoms with Gasteiger partial charge in [-0.25, -0.2) is 4.79 Å². The number of rotatable bonds is 5. The van der Waals surface area contributed by atoms with E-state index in [1.54, 1.807) is 18.2 Å². The fraction of sp³-hybridized carbons (Fsp3) is 0.125. The molecule has 1 aromatic carbocycles. The van der Waals surface area contributed by atoms with Gasteiger partial charge in [0.1, 0.15) is 5.76 Å². The number of amides is 1. The number of benzene rings is 1. The van der Waals surface area contributed by atoms with Crippen molar-refractivity contribution in [3.63, 3.8) is 0 Å². The Kier molecular flexibility index (Phi) is 5.84. The van der Waals surface area contributed by atoms with E-state index < -0.39 is 18.0 Å². The van der Waals surface area contributed by atoms with E-state index in [2.05, 4.69) is 5.32 Å². The normalized spacial score (nSPS) is 12.1. The van der Waals surface area contributed by atoms with Crippen LogP contribution in [0.1, 0.15) is 12.7 Å². The molecule has 1 amide bonds. The predicted octanol–water partition coefficient (Wildman–Crippen LogP) is 4.17. The molecule has 1 heterocycles. The van der Waals surface area contributed by atoms with Crippen molar-refractivity contribution in [1.82, 2.24) is 0 Å². The van der Waals surface area contributed by atoms with Crippen molar-refractivity contribution in [3.05, 3.63) is 58.5 Å². The van der Waals surface area contributed by atoms with Crippen molar-refractivity contribution < 1.29 is 18.7 Å². The molecular formula is C16H13Cl2NO4. The minimum atomic E-state index is -0.985. The van der Waals surface area contributed by atoms with Crippen molar-refractivity contribution in [2.24, 2.45) is 0 Å². The summed E-state index contributed by atoms with van der Waals surface area (Å²) in [6, 6.07) is 8.00. The van der Waals surface area contributed by atoms with Crippen LogP contribution < -0.4 is 5.32 Å². The summed E-state index contributed by atoms with van der Waals surface area (Å²) in [5.41, 5.74) is 0.418. The summed E-state index contributed by atoms with van der Waals surface area (Å²) in [6.07, 6.45) is 3.13. The number of ether oxygens (including phenoxy) is 1. The zero-order valence-electron chi connectivity index (χ0n) is 12.1. The van der Waals surface area contributed by atoms with Gasteiger partial charge in [0.05, 0.1) is 6.26 Å². The highest BCUT2D eigenvalue weighted by Gasteiger charge is 2.17. The Balaban J connectivity index is 1.90. The van der Waals surface area contributed by atoms with Crippen LogP contribution in [0.4, 0.5) is 5.69 Å². The average molecular weight is 354 g/mol. The highest BCUT2D eigenvalue weighted by molar-refractivity contribution is 6.35. The van der Waals surface area contributed by atoms with E-state index in [1.807, 2.05) is 0 Å². The number of anilines is 1. The molecule has 0 radical (unpaired) electrons. The SMILES string of the molecule is CC(OC(=O)C=Cc1ccco1)C(=O)Nc1cc(Cl)cc(Cl)c1. The van der Waals surface area contributed by atoms with Crippen molar-refractivity contribution in [1.29, 1.82) is 0 Å². The molecule has 0 aliphatic rings. The summed E-state index contributed by atoms with van der Waals surface area (Å²) in [6.45, 7) is 1.46. The Morgan fingerprint density at radius 2 is 1.96 bits per heavy atom. The minimum absolute atomic E-state index is 0.388. The third-order valence-electron chi connectivity index (χ3n) is 2.72. The predicted molar refractivity (Wildman–Crippen MR) is 88.4 cm³/mol. The molecule has 0 saturated heterocycles. The monoisotopic (exact) mass is 353 g/mol. The Hall–Kier alpha value is -2.24. The lowest BCUT2D eigenvalue weighted by molar-refractivity contribution is -0.148. The van der Waals surface area contributed by atoms with Crippen LogP contribution in [-0.2, 0) is 14.3 Å². The largest absolute Gasteiger partial charge is 0.465 e. The maximum atomic E-state index is 12.0. The molecule has 1 N–H and O–H groups in total. The second kappa shape index (κ2) is 7.85. The van der Waals surface area contributed by atoms with E-state index in [0.29, 0.717) is 21.5 Å². The van der Waals surface area contributed by atoms with Crippen LogP contribution in [0.2, 0.25) is 10.0 Å². The number of hydrogen-bond acceptors (Lipinski definition) is 4. The van der Waals surface area contributed by atoms with Gasteiger partial charge in [0.15, 0.2) is 6.10 Å². The van der Waals surface area contributed by atoms with Gasteiger partial charge in [-0.3, -0.25) is 4.79 Å². The second-order valence-electron chi connectivity index (χ2n) is 4.58. The Bertz CT molecular complexity index is 705. The van der Waals surface area contributed by atoms with E-state index in [1.165, 1.54) is 37.5 Å². The molecule has 0 fully saturated rings. The molecule has 5 nitrogen and oxygen atoms in total. The fourth-order valence-corrected chi connectivity index (χ4v) is 2.20. The topological polar surface area (TPSA) is 68.5 Å². The van der Waals surface area contributed by atoms with Crippen molar-refractivity contribution >= 4 is 46.8 Å². The Morgan fingerprint density at radius 1 is 1.26 bits per heavy atom. The van der Waals surface area contributed by atoms with Gasteiger partial charge in [0.2, 0.25) is 0 Å². The number of esters is 1. The Labute approximate surface area is 142 Å². The molecule has 1 aromatic heterocycles. The quantitative estimate of drug-likeness (QED) is 0.646. The first-order valence-corrected chi connectivity index (χ1v) is 7.39. The van der Waals surface area contributed by atoms with Crippen molar-refractivity contribution in [3.8, 4) is 0 Å². The maximum absolute atomic E-state index is 12.0. The molecule has 1 atom stereocenters. The van der Waals surface area contributed by atoms with Crippen LogP contribution in [-0.4, -0.2) is 18.0 Å². The summed E-state index contributed by atoms with van der Waals surface area (Å²) < 4.78 is 10.0. The molecule has 7 heteroatoms. The molecule has 0 aliphatic heterocycles. The summed E-state index contributed by atoms with van der Waals surface area (Å²) in [5, 5.41) is 3.35. The lowest BCUT2D eigenvalue weighted by Crippen LogP contribution is -2.29. The van der Waals surface area contributed by atoms with Crippen LogP contribution in [0.25, 0.3) is 6.08 Å². The highest BCUT2D eigenvalue weighted by Crippen LogP contribution is 2.22. The molecule has 2 aromatic rings. The standard InChI is InChI=1S/C16H13Cl2NO4/c1-10(23-15(20)5-4-14-3-2-6-22-14)16(21)19-13-8-11(17)7-12(18)9-13/h2-10H,1H3,(H,19,21). The van der Waals surface area contributed by atoms with Crippen LogP contribution >= 0.6 is 23.2 Å². The summed E-state index contributed by atoms with van der Waals surface area (Å²) in [7, 11) is 0. The van der Waals surface area contributed by atoms with Crippen LogP contribution in [0.3, 0.4) is 0 Å². The van der Waals surface area contributed by atoms with Gasteiger partial charge < -0.3 is 14.5 Å². The van der Waals surface area contributed by atoms with Crippen LogP contribution in [0, 0.1) is 0 Å². The number of carbonyl (C=O) groups excluding carboxylic acids is 2. The van der Waals surface area contributed by atoms with Gasteiger partial charge >= 0.3 is 5.97 Å². The van der Waals surface area contributed by atoms with E-state index >= 15 is 0 Å². The number of halogens is 2. The number of nitrogens with one attached hydrogen (secondary N) is 1. The molecule has 0 saturated carbocycles. The zero-order chi connectivity index (χ0) is 16.8. The first kappa shape index (κ1) is 17.1. The summed E-state index contributed by atoms with van der Waals surface area (Å²) in [4.78, 5) is 23.6. The highest BCUT2D eigenvalue weighted by atomic mass is 35.5. The molecule has 0 aliphatic carbocycles. The molecule has 1 unspecified atom stereocenters. The summed E-state index contributed by atoms with van der Waals surface area (Å²) in [5.74, 6) is -0.649. The van der Waals surface area contributed by atoms with Gasteiger partial charge in [0, 0.05) is 21.8 Å². The second-order valence-corrected chi connectivity index (χ2v) is 5.45. The summed E-state index contributed by atoms with van der Waals surface area (Å²) >= 11 is 11.7. The van der Waals surface area contributed by atoms with E-state index in [9.17, 15) is 9.59 Å². The molecule has 120 valence electrons. The van der Waals surface area contributed by atoms with Crippen LogP contribution in [0.15, 0.2) is 47.1 Å². The van der Waals surface area contributed by atoms with Crippen LogP contribution in [0.5, 0.6) is 0 Å². The van der Waals surface area contributed by atoms with Gasteiger partial charge in [-0.2, -0.15) is 0 Å². The molecule has 23 heavy (non-hydrogen) atoms. The number of hydrogen-bond donors (Lipinski definition) is 1. The molecular weight excluding hydrogens is 341 g/mol. The van der Waals surface area contributed by atoms with Gasteiger partial charge in [-0.05, 0) is 43.3 Å². The van der Waals surface area contributed by atoms with Crippen molar-refractivity contribution in [2.75, 3.05) is 5.32 Å². The molecule has 2 rings (SSSR count). The fourth-order valence-electron chi connectivity index (χ4n) is 1.67. The van der Waals surface area contributed by atoms with E-state index in [4.69, 9.17) is 32.4 Å². The lowest BCUT2D eigenvalue weighted by Gasteiger charge is -2.12. The minimum Gasteiger partial charge on any atom is -0.465 e. The van der Waals surface area contributed by atoms with Gasteiger partial charge in [-0.15, -0.1) is 0 Å². The van der Waals surface area contributed by atoms with Gasteiger partial charge in [-0.1, -0.05) is 23.2 Å². The smallest absolute Gasteiger partial charge is 0.331 e. The lowest BCUT2D eigenvalue weighted by atomic mass is 10.3. The molecule has 0 spiro atoms. The number of carbonyl (C=O) groups is 2. The maximum Gasteiger partial charge on any atom is 0.331 e. The molecule has 0 bridgehead atoms. The Morgan fingerprint density at radius 3 is 2.57 bits per heavy atom. The first-order chi connectivity index (χ1) is 10.9. The zero-order valence-corrected chi connectivity index (χ0v) is 13.6. The average Bonchev–Trinajstić information content (AvgIpc) is 2.97. The first-order valence-electron chi connectivity index (χ1n) is 6.63. The number of furan rings is 1. The third-order valence-corrected chi connectivity index (χ3v) is 3.16. The third kappa shape index (κ3) is 5.47. The van der Waals surface area contributed by atoms with Crippen molar-refractivity contribution in [2.45, 2.75) is 13.0 Å². The van der Waals surface area contributed by atoms with Gasteiger partial charge in [0.25, 0.3) is 5.91 Å². The van der Waals surface area contributed by atoms with E-state index in [-0.39, 0.29) is 0 Å². The van der Waals surface area contributed by atoms with E-state index in [0.717, 1.165) is 0 Å².